The van der Waals surface area contributed by atoms with Gasteiger partial charge in [0.15, 0.2) is 5.78 Å². The van der Waals surface area contributed by atoms with E-state index >= 15 is 0 Å². The molecule has 0 fully saturated rings. The van der Waals surface area contributed by atoms with Crippen molar-refractivity contribution in [3.8, 4) is 0 Å². The quantitative estimate of drug-likeness (QED) is 0.462. The van der Waals surface area contributed by atoms with Crippen LogP contribution in [-0.4, -0.2) is 5.78 Å². The Morgan fingerprint density at radius 2 is 1.32 bits per heavy atom. The zero-order valence-corrected chi connectivity index (χ0v) is 14.1. The maximum atomic E-state index is 11.5. The predicted octanol–water partition coefficient (Wildman–Crippen LogP) is 6.30. The van der Waals surface area contributed by atoms with Crippen molar-refractivity contribution in [2.75, 3.05) is 0 Å². The molecule has 1 heteroatoms. The summed E-state index contributed by atoms with van der Waals surface area (Å²) in [4.78, 5) is 11.5. The van der Waals surface area contributed by atoms with Crippen LogP contribution in [0, 0.1) is 0 Å². The summed E-state index contributed by atoms with van der Waals surface area (Å²) in [6, 6.07) is 9.38. The number of carbonyl (C=O) groups excluding carboxylic acids is 1. The Morgan fingerprint density at radius 1 is 0.895 bits per heavy atom. The average molecular weight is 264 g/mol. The summed E-state index contributed by atoms with van der Waals surface area (Å²) < 4.78 is 0. The molecule has 0 atom stereocenters. The van der Waals surface area contributed by atoms with Crippen LogP contribution in [0.5, 0.6) is 0 Å². The Hall–Kier alpha value is -1.37. The molecular weight excluding hydrogens is 232 g/mol. The van der Waals surface area contributed by atoms with Crippen molar-refractivity contribution in [3.05, 3.63) is 47.5 Å². The molecule has 0 aliphatic heterocycles. The lowest BCUT2D eigenvalue weighted by Crippen LogP contribution is -1.96. The lowest BCUT2D eigenvalue weighted by molar-refractivity contribution is 0.0995. The second kappa shape index (κ2) is 19.0. The second-order valence-corrected chi connectivity index (χ2v) is 3.27. The van der Waals surface area contributed by atoms with E-state index in [1.165, 1.54) is 5.57 Å². The van der Waals surface area contributed by atoms with Gasteiger partial charge in [-0.3, -0.25) is 4.79 Å². The summed E-state index contributed by atoms with van der Waals surface area (Å²) in [5, 5.41) is 0. The highest BCUT2D eigenvalue weighted by atomic mass is 16.1. The summed E-state index contributed by atoms with van der Waals surface area (Å²) in [5.41, 5.74) is 1.98. The van der Waals surface area contributed by atoms with Gasteiger partial charge < -0.3 is 0 Å². The van der Waals surface area contributed by atoms with E-state index in [4.69, 9.17) is 0 Å². The molecule has 19 heavy (non-hydrogen) atoms. The number of hydrogen-bond donors (Lipinski definition) is 0. The Kier molecular flexibility index (Phi) is 22.8. The number of carbonyl (C=O) groups is 1. The number of hydrogen-bond acceptors (Lipinski definition) is 1. The van der Waals surface area contributed by atoms with Gasteiger partial charge in [0, 0.05) is 12.0 Å². The van der Waals surface area contributed by atoms with Gasteiger partial charge in [-0.1, -0.05) is 83.5 Å². The fourth-order valence-corrected chi connectivity index (χ4v) is 1.04. The maximum absolute atomic E-state index is 11.5. The Bertz CT molecular complexity index is 306. The van der Waals surface area contributed by atoms with Gasteiger partial charge in [-0.25, -0.2) is 0 Å². The molecule has 0 N–H and O–H groups in total. The van der Waals surface area contributed by atoms with E-state index in [-0.39, 0.29) is 5.78 Å². The van der Waals surface area contributed by atoms with E-state index in [1.807, 2.05) is 91.8 Å². The highest BCUT2D eigenvalue weighted by Gasteiger charge is 2.01. The average Bonchev–Trinajstić information content (AvgIpc) is 2.51. The first-order valence-electron chi connectivity index (χ1n) is 7.42. The monoisotopic (exact) mass is 264 g/mol. The van der Waals surface area contributed by atoms with E-state index < -0.39 is 0 Å². The molecule has 0 heterocycles. The smallest absolute Gasteiger partial charge is 0.166 e. The molecule has 0 saturated heterocycles. The van der Waals surface area contributed by atoms with E-state index in [0.717, 1.165) is 5.56 Å². The molecule has 1 aromatic rings. The van der Waals surface area contributed by atoms with Gasteiger partial charge in [-0.15, -0.1) is 0 Å². The molecule has 0 aromatic heterocycles. The normalized spacial score (nSPS) is 7.37. The lowest BCUT2D eigenvalue weighted by Gasteiger charge is -1.96. The molecule has 0 aliphatic rings. The third-order valence-corrected chi connectivity index (χ3v) is 1.79. The largest absolute Gasteiger partial charge is 0.294 e. The molecule has 0 aliphatic carbocycles. The summed E-state index contributed by atoms with van der Waals surface area (Å²) in [6.45, 7) is 16.0. The number of ketones is 1. The minimum absolute atomic E-state index is 0.182. The van der Waals surface area contributed by atoms with Crippen LogP contribution in [0.4, 0.5) is 0 Å². The van der Waals surface area contributed by atoms with Crippen molar-refractivity contribution in [1.82, 2.24) is 0 Å². The van der Waals surface area contributed by atoms with Gasteiger partial charge in [-0.05, 0) is 13.8 Å². The van der Waals surface area contributed by atoms with Crippen LogP contribution >= 0.6 is 0 Å². The first kappa shape index (κ1) is 22.8. The van der Waals surface area contributed by atoms with Gasteiger partial charge in [0.05, 0.1) is 0 Å². The molecular formula is C18H32O. The second-order valence-electron chi connectivity index (χ2n) is 3.27. The Morgan fingerprint density at radius 3 is 1.68 bits per heavy atom. The van der Waals surface area contributed by atoms with E-state index in [9.17, 15) is 4.79 Å². The third kappa shape index (κ3) is 14.6. The van der Waals surface area contributed by atoms with Crippen molar-refractivity contribution in [1.29, 1.82) is 0 Å². The summed E-state index contributed by atoms with van der Waals surface area (Å²) in [7, 11) is 0. The van der Waals surface area contributed by atoms with Crippen LogP contribution in [0.25, 0.3) is 0 Å². The van der Waals surface area contributed by atoms with E-state index in [2.05, 4.69) is 0 Å². The minimum atomic E-state index is 0.182. The van der Waals surface area contributed by atoms with Crippen LogP contribution < -0.4 is 0 Å². The Balaban J connectivity index is -0.000000375. The Labute approximate surface area is 120 Å². The number of allylic oxidation sites excluding steroid dienone is 2. The minimum Gasteiger partial charge on any atom is -0.294 e. The highest BCUT2D eigenvalue weighted by Crippen LogP contribution is 2.04. The number of Topliss-reactive ketones (excluding diaryl/α,β-unsaturated/α-hetero) is 1. The zero-order valence-electron chi connectivity index (χ0n) is 14.1. The van der Waals surface area contributed by atoms with Crippen molar-refractivity contribution in [2.45, 2.75) is 61.8 Å². The number of rotatable bonds is 3. The molecule has 1 aromatic carbocycles. The molecule has 0 saturated carbocycles. The topological polar surface area (TPSA) is 17.1 Å². The zero-order chi connectivity index (χ0) is 15.7. The molecule has 0 spiro atoms. The van der Waals surface area contributed by atoms with Crippen LogP contribution in [0.1, 0.15) is 72.2 Å². The third-order valence-electron chi connectivity index (χ3n) is 1.79. The van der Waals surface area contributed by atoms with Gasteiger partial charge in [0.25, 0.3) is 0 Å². The molecule has 1 rings (SSSR count). The highest BCUT2D eigenvalue weighted by molar-refractivity contribution is 5.96. The molecule has 0 radical (unpaired) electrons. The summed E-state index contributed by atoms with van der Waals surface area (Å²) in [5.74, 6) is 0.182. The van der Waals surface area contributed by atoms with Crippen LogP contribution in [0.15, 0.2) is 42.0 Å². The maximum Gasteiger partial charge on any atom is 0.166 e. The summed E-state index contributed by atoms with van der Waals surface area (Å²) >= 11 is 0. The molecule has 1 nitrogen and oxygen atoms in total. The predicted molar refractivity (Wildman–Crippen MR) is 88.9 cm³/mol. The molecule has 0 bridgehead atoms. The van der Waals surface area contributed by atoms with E-state index in [1.54, 1.807) is 0 Å². The van der Waals surface area contributed by atoms with Gasteiger partial charge in [0.1, 0.15) is 0 Å². The summed E-state index contributed by atoms with van der Waals surface area (Å²) in [6.07, 6.45) is 2.46. The van der Waals surface area contributed by atoms with Crippen molar-refractivity contribution in [3.63, 3.8) is 0 Å². The van der Waals surface area contributed by atoms with Gasteiger partial charge >= 0.3 is 0 Å². The van der Waals surface area contributed by atoms with Crippen molar-refractivity contribution in [2.24, 2.45) is 0 Å². The fourth-order valence-electron chi connectivity index (χ4n) is 1.04. The molecule has 0 amide bonds. The van der Waals surface area contributed by atoms with Gasteiger partial charge in [0.2, 0.25) is 0 Å². The first-order chi connectivity index (χ1) is 9.20. The molecule has 110 valence electrons. The standard InChI is InChI=1S/C12H14O.3C2H6/c1-10(2)8-9-12(13)11-6-4-3-5-7-11;3*1-2/h3-8H,9H2,1-2H3;3*1-2H3. The van der Waals surface area contributed by atoms with Crippen LogP contribution in [-0.2, 0) is 0 Å². The van der Waals surface area contributed by atoms with Crippen molar-refractivity contribution >= 4 is 5.78 Å². The van der Waals surface area contributed by atoms with Gasteiger partial charge in [-0.2, -0.15) is 0 Å². The SMILES string of the molecule is CC.CC.CC.CC(C)=CCC(=O)c1ccccc1. The fraction of sp³-hybridized carbons (Fsp3) is 0.500. The first-order valence-corrected chi connectivity index (χ1v) is 7.42. The lowest BCUT2D eigenvalue weighted by atomic mass is 10.1. The molecule has 0 unspecified atom stereocenters. The van der Waals surface area contributed by atoms with E-state index in [0.29, 0.717) is 6.42 Å². The number of benzene rings is 1. The van der Waals surface area contributed by atoms with Crippen molar-refractivity contribution < 1.29 is 4.79 Å². The van der Waals surface area contributed by atoms with Crippen LogP contribution in [0.3, 0.4) is 0 Å². The van der Waals surface area contributed by atoms with Crippen LogP contribution in [0.2, 0.25) is 0 Å².